The summed E-state index contributed by atoms with van der Waals surface area (Å²) in [7, 11) is 0. The highest BCUT2D eigenvalue weighted by atomic mass is 79.9. The van der Waals surface area contributed by atoms with E-state index in [9.17, 15) is 0 Å². The summed E-state index contributed by atoms with van der Waals surface area (Å²) in [5.41, 5.74) is 1.77. The van der Waals surface area contributed by atoms with Crippen molar-refractivity contribution in [1.82, 2.24) is 20.0 Å². The van der Waals surface area contributed by atoms with Crippen LogP contribution in [-0.2, 0) is 6.54 Å². The summed E-state index contributed by atoms with van der Waals surface area (Å²) < 4.78 is 8.18. The highest BCUT2D eigenvalue weighted by molar-refractivity contribution is 9.10. The zero-order valence-corrected chi connectivity index (χ0v) is 10.9. The number of hydrogen-bond donors (Lipinski definition) is 0. The van der Waals surface area contributed by atoms with E-state index in [2.05, 4.69) is 31.2 Å². The molecule has 18 heavy (non-hydrogen) atoms. The Morgan fingerprint density at radius 1 is 1.22 bits per heavy atom. The number of benzene rings is 1. The summed E-state index contributed by atoms with van der Waals surface area (Å²) in [4.78, 5) is 4.41. The molecule has 0 fully saturated rings. The van der Waals surface area contributed by atoms with Crippen LogP contribution in [-0.4, -0.2) is 20.0 Å². The largest absolute Gasteiger partial charge is 0.444 e. The molecule has 2 heterocycles. The van der Waals surface area contributed by atoms with Gasteiger partial charge < -0.3 is 4.42 Å². The van der Waals surface area contributed by atoms with Gasteiger partial charge in [0.15, 0.2) is 0 Å². The Balaban J connectivity index is 1.83. The SMILES string of the molecule is Brc1ccc(-c2nc(Cn3ccnn3)co2)cc1. The summed E-state index contributed by atoms with van der Waals surface area (Å²) in [5.74, 6) is 0.609. The molecular weight excluding hydrogens is 296 g/mol. The normalized spacial score (nSPS) is 10.7. The number of oxazole rings is 1. The number of hydrogen-bond acceptors (Lipinski definition) is 4. The zero-order chi connectivity index (χ0) is 12.4. The fourth-order valence-electron chi connectivity index (χ4n) is 1.59. The molecule has 5 nitrogen and oxygen atoms in total. The minimum absolute atomic E-state index is 0.556. The maximum Gasteiger partial charge on any atom is 0.226 e. The van der Waals surface area contributed by atoms with Crippen LogP contribution in [0.5, 0.6) is 0 Å². The molecular formula is C12H9BrN4O. The third-order valence-electron chi connectivity index (χ3n) is 2.44. The average Bonchev–Trinajstić information content (AvgIpc) is 3.02. The molecule has 0 aliphatic rings. The Labute approximate surface area is 112 Å². The van der Waals surface area contributed by atoms with Gasteiger partial charge in [-0.05, 0) is 24.3 Å². The minimum atomic E-state index is 0.556. The number of rotatable bonds is 3. The van der Waals surface area contributed by atoms with Crippen LogP contribution >= 0.6 is 15.9 Å². The molecule has 0 saturated carbocycles. The molecule has 0 bridgehead atoms. The van der Waals surface area contributed by atoms with Gasteiger partial charge in [0.2, 0.25) is 5.89 Å². The average molecular weight is 305 g/mol. The van der Waals surface area contributed by atoms with E-state index < -0.39 is 0 Å². The standard InChI is InChI=1S/C12H9BrN4O/c13-10-3-1-9(2-4-10)12-15-11(8-18-12)7-17-6-5-14-16-17/h1-6,8H,7H2. The Bertz CT molecular complexity index is 630. The minimum Gasteiger partial charge on any atom is -0.444 e. The summed E-state index contributed by atoms with van der Waals surface area (Å²) >= 11 is 3.39. The predicted octanol–water partition coefficient (Wildman–Crippen LogP) is 2.74. The van der Waals surface area contributed by atoms with Crippen molar-refractivity contribution in [1.29, 1.82) is 0 Å². The quantitative estimate of drug-likeness (QED) is 0.746. The summed E-state index contributed by atoms with van der Waals surface area (Å²) in [5, 5.41) is 7.63. The Morgan fingerprint density at radius 3 is 2.78 bits per heavy atom. The van der Waals surface area contributed by atoms with Crippen molar-refractivity contribution in [2.24, 2.45) is 0 Å². The molecule has 3 rings (SSSR count). The van der Waals surface area contributed by atoms with E-state index in [0.717, 1.165) is 15.7 Å². The number of halogens is 1. The van der Waals surface area contributed by atoms with E-state index in [4.69, 9.17) is 4.42 Å². The van der Waals surface area contributed by atoms with E-state index in [0.29, 0.717) is 12.4 Å². The van der Waals surface area contributed by atoms with Gasteiger partial charge in [-0.15, -0.1) is 5.10 Å². The monoisotopic (exact) mass is 304 g/mol. The Hall–Kier alpha value is -1.95. The van der Waals surface area contributed by atoms with E-state index in [1.807, 2.05) is 24.3 Å². The van der Waals surface area contributed by atoms with Crippen molar-refractivity contribution in [3.05, 3.63) is 53.1 Å². The summed E-state index contributed by atoms with van der Waals surface area (Å²) in [6.45, 7) is 0.556. The zero-order valence-electron chi connectivity index (χ0n) is 9.32. The smallest absolute Gasteiger partial charge is 0.226 e. The van der Waals surface area contributed by atoms with Gasteiger partial charge in [0, 0.05) is 16.2 Å². The van der Waals surface area contributed by atoms with Crippen LogP contribution in [0.4, 0.5) is 0 Å². The third-order valence-corrected chi connectivity index (χ3v) is 2.97. The topological polar surface area (TPSA) is 56.7 Å². The molecule has 0 aliphatic heterocycles. The van der Waals surface area contributed by atoms with Gasteiger partial charge in [0.25, 0.3) is 0 Å². The molecule has 2 aromatic heterocycles. The second-order valence-corrected chi connectivity index (χ2v) is 4.67. The van der Waals surface area contributed by atoms with E-state index in [1.165, 1.54) is 0 Å². The third kappa shape index (κ3) is 2.33. The predicted molar refractivity (Wildman–Crippen MR) is 68.8 cm³/mol. The van der Waals surface area contributed by atoms with Crippen LogP contribution in [0, 0.1) is 0 Å². The van der Waals surface area contributed by atoms with Crippen LogP contribution in [0.1, 0.15) is 5.69 Å². The molecule has 1 aromatic carbocycles. The van der Waals surface area contributed by atoms with Crippen molar-refractivity contribution in [2.75, 3.05) is 0 Å². The van der Waals surface area contributed by atoms with Crippen LogP contribution in [0.2, 0.25) is 0 Å². The second-order valence-electron chi connectivity index (χ2n) is 3.75. The van der Waals surface area contributed by atoms with Crippen molar-refractivity contribution >= 4 is 15.9 Å². The Morgan fingerprint density at radius 2 is 2.06 bits per heavy atom. The fourth-order valence-corrected chi connectivity index (χ4v) is 1.85. The summed E-state index contributed by atoms with van der Waals surface area (Å²) in [6.07, 6.45) is 5.06. The van der Waals surface area contributed by atoms with Crippen LogP contribution in [0.25, 0.3) is 11.5 Å². The van der Waals surface area contributed by atoms with Crippen LogP contribution in [0.3, 0.4) is 0 Å². The number of nitrogens with zero attached hydrogens (tertiary/aromatic N) is 4. The molecule has 0 amide bonds. The van der Waals surface area contributed by atoms with Crippen molar-refractivity contribution < 1.29 is 4.42 Å². The van der Waals surface area contributed by atoms with E-state index >= 15 is 0 Å². The van der Waals surface area contributed by atoms with Crippen molar-refractivity contribution in [3.63, 3.8) is 0 Å². The molecule has 0 radical (unpaired) electrons. The second kappa shape index (κ2) is 4.73. The molecule has 3 aromatic rings. The van der Waals surface area contributed by atoms with Gasteiger partial charge in [0.1, 0.15) is 12.0 Å². The first-order valence-electron chi connectivity index (χ1n) is 5.36. The summed E-state index contributed by atoms with van der Waals surface area (Å²) in [6, 6.07) is 7.82. The highest BCUT2D eigenvalue weighted by Crippen LogP contribution is 2.21. The van der Waals surface area contributed by atoms with Gasteiger partial charge >= 0.3 is 0 Å². The molecule has 0 N–H and O–H groups in total. The number of aromatic nitrogens is 4. The van der Waals surface area contributed by atoms with Gasteiger partial charge in [-0.1, -0.05) is 21.1 Å². The van der Waals surface area contributed by atoms with E-state index in [-0.39, 0.29) is 0 Å². The molecule has 0 atom stereocenters. The lowest BCUT2D eigenvalue weighted by atomic mass is 10.2. The van der Waals surface area contributed by atoms with Crippen molar-refractivity contribution in [2.45, 2.75) is 6.54 Å². The molecule has 6 heteroatoms. The lowest BCUT2D eigenvalue weighted by Gasteiger charge is -1.95. The fraction of sp³-hybridized carbons (Fsp3) is 0.0833. The van der Waals surface area contributed by atoms with E-state index in [1.54, 1.807) is 23.3 Å². The van der Waals surface area contributed by atoms with Crippen LogP contribution in [0.15, 0.2) is 51.8 Å². The Kier molecular flexibility index (Phi) is 2.93. The first kappa shape index (κ1) is 11.2. The van der Waals surface area contributed by atoms with Crippen LogP contribution < -0.4 is 0 Å². The highest BCUT2D eigenvalue weighted by Gasteiger charge is 2.07. The molecule has 0 unspecified atom stereocenters. The molecule has 90 valence electrons. The lowest BCUT2D eigenvalue weighted by Crippen LogP contribution is -2.00. The van der Waals surface area contributed by atoms with Crippen molar-refractivity contribution in [3.8, 4) is 11.5 Å². The molecule has 0 spiro atoms. The van der Waals surface area contributed by atoms with Gasteiger partial charge in [-0.3, -0.25) is 0 Å². The molecule has 0 aliphatic carbocycles. The maximum atomic E-state index is 5.45. The molecule has 0 saturated heterocycles. The first-order chi connectivity index (χ1) is 8.81. The maximum absolute atomic E-state index is 5.45. The lowest BCUT2D eigenvalue weighted by molar-refractivity contribution is 0.568. The first-order valence-corrected chi connectivity index (χ1v) is 6.15. The van der Waals surface area contributed by atoms with Gasteiger partial charge in [-0.25, -0.2) is 9.67 Å². The van der Waals surface area contributed by atoms with Gasteiger partial charge in [-0.2, -0.15) is 0 Å². The van der Waals surface area contributed by atoms with Gasteiger partial charge in [0.05, 0.1) is 12.7 Å².